The number of para-hydroxylation sites is 1. The third-order valence-electron chi connectivity index (χ3n) is 8.88. The number of carbonyl (C=O) groups excluding carboxylic acids is 2. The molecule has 2 aromatic carbocycles. The summed E-state index contributed by atoms with van der Waals surface area (Å²) in [6.07, 6.45) is 3.62. The summed E-state index contributed by atoms with van der Waals surface area (Å²) in [4.78, 5) is 31.7. The van der Waals surface area contributed by atoms with E-state index in [0.29, 0.717) is 67.9 Å². The van der Waals surface area contributed by atoms with Crippen molar-refractivity contribution < 1.29 is 24.5 Å². The molecule has 5 atom stereocenters. The minimum atomic E-state index is -1.37. The van der Waals surface area contributed by atoms with E-state index in [0.717, 1.165) is 22.9 Å². The summed E-state index contributed by atoms with van der Waals surface area (Å²) in [5, 5.41) is 27.1. The summed E-state index contributed by atoms with van der Waals surface area (Å²) in [6, 6.07) is 15.0. The third-order valence-corrected chi connectivity index (χ3v) is 9.20. The van der Waals surface area contributed by atoms with E-state index in [9.17, 15) is 19.8 Å². The van der Waals surface area contributed by atoms with Gasteiger partial charge in [-0.25, -0.2) is 4.79 Å². The molecule has 2 amide bonds. The highest BCUT2D eigenvalue weighted by Crippen LogP contribution is 2.46. The van der Waals surface area contributed by atoms with Crippen LogP contribution in [-0.2, 0) is 15.1 Å². The number of aliphatic hydroxyl groups excluding tert-OH is 1. The number of carbonyl (C=O) groups is 2. The van der Waals surface area contributed by atoms with Gasteiger partial charge in [-0.05, 0) is 62.3 Å². The Morgan fingerprint density at radius 1 is 1.21 bits per heavy atom. The molecule has 5 N–H and O–H groups in total. The Kier molecular flexibility index (Phi) is 9.32. The molecule has 224 valence electrons. The molecule has 42 heavy (non-hydrogen) atoms. The Bertz CT molecular complexity index is 1430. The van der Waals surface area contributed by atoms with Gasteiger partial charge in [-0.2, -0.15) is 0 Å². The van der Waals surface area contributed by atoms with Gasteiger partial charge in [0.05, 0.1) is 24.3 Å². The molecule has 1 unspecified atom stereocenters. The Labute approximate surface area is 251 Å². The number of methoxy groups -OCH3 is 1. The van der Waals surface area contributed by atoms with Crippen molar-refractivity contribution in [1.29, 1.82) is 0 Å². The van der Waals surface area contributed by atoms with Crippen LogP contribution in [0.1, 0.15) is 44.1 Å². The third kappa shape index (κ3) is 6.24. The minimum absolute atomic E-state index is 0.0218. The van der Waals surface area contributed by atoms with Crippen LogP contribution in [0.3, 0.4) is 0 Å². The van der Waals surface area contributed by atoms with Crippen molar-refractivity contribution in [2.75, 3.05) is 26.7 Å². The molecule has 5 rings (SSSR count). The minimum Gasteiger partial charge on any atom is -0.453 e. The van der Waals surface area contributed by atoms with Crippen molar-refractivity contribution in [3.8, 4) is 11.1 Å². The molecular weight excluding hydrogens is 556 g/mol. The van der Waals surface area contributed by atoms with E-state index < -0.39 is 23.8 Å². The smallest absolute Gasteiger partial charge is 0.406 e. The van der Waals surface area contributed by atoms with Crippen molar-refractivity contribution in [3.63, 3.8) is 0 Å². The Morgan fingerprint density at radius 3 is 2.79 bits per heavy atom. The highest BCUT2D eigenvalue weighted by molar-refractivity contribution is 6.33. The number of alkyl carbamates (subject to hydrolysis) is 1. The first kappa shape index (κ1) is 30.2. The number of nitrogens with two attached hydrogens (primary N) is 1. The van der Waals surface area contributed by atoms with Crippen LogP contribution in [0.15, 0.2) is 54.7 Å². The summed E-state index contributed by atoms with van der Waals surface area (Å²) < 4.78 is 4.71. The van der Waals surface area contributed by atoms with E-state index in [-0.39, 0.29) is 17.7 Å². The molecule has 1 aromatic heterocycles. The molecule has 10 heteroatoms. The summed E-state index contributed by atoms with van der Waals surface area (Å²) in [5.41, 5.74) is 7.67. The lowest BCUT2D eigenvalue weighted by atomic mass is 9.72. The number of fused-ring (bicyclic) bond motifs is 1. The molecule has 0 radical (unpaired) electrons. The van der Waals surface area contributed by atoms with Crippen LogP contribution >= 0.6 is 11.6 Å². The number of aromatic nitrogens is 1. The second-order valence-corrected chi connectivity index (χ2v) is 12.0. The molecule has 0 bridgehead atoms. The van der Waals surface area contributed by atoms with E-state index in [1.54, 1.807) is 12.3 Å². The van der Waals surface area contributed by atoms with Gasteiger partial charge in [-0.1, -0.05) is 41.9 Å². The maximum atomic E-state index is 13.5. The molecular formula is C32H39ClN4O5. The van der Waals surface area contributed by atoms with Gasteiger partial charge in [0, 0.05) is 65.2 Å². The number of hydrogen-bond donors (Lipinski definition) is 4. The molecule has 2 fully saturated rings. The van der Waals surface area contributed by atoms with Crippen LogP contribution in [-0.4, -0.2) is 71.0 Å². The van der Waals surface area contributed by atoms with E-state index in [1.807, 2.05) is 47.4 Å². The number of aliphatic hydroxyl groups is 2. The highest BCUT2D eigenvalue weighted by atomic mass is 35.5. The molecule has 0 spiro atoms. The average Bonchev–Trinajstić information content (AvgIpc) is 3.35. The molecule has 1 aliphatic carbocycles. The highest BCUT2D eigenvalue weighted by Gasteiger charge is 2.44. The first-order valence-electron chi connectivity index (χ1n) is 14.6. The quantitative estimate of drug-likeness (QED) is 0.287. The predicted molar refractivity (Wildman–Crippen MR) is 162 cm³/mol. The molecule has 1 saturated carbocycles. The van der Waals surface area contributed by atoms with Crippen LogP contribution in [0.2, 0.25) is 5.02 Å². The second-order valence-electron chi connectivity index (χ2n) is 11.5. The Balaban J connectivity index is 1.50. The van der Waals surface area contributed by atoms with E-state index in [4.69, 9.17) is 22.1 Å². The largest absolute Gasteiger partial charge is 0.453 e. The fraction of sp³-hybridized carbons (Fsp3) is 0.469. The lowest BCUT2D eigenvalue weighted by molar-refractivity contribution is -0.141. The van der Waals surface area contributed by atoms with Crippen LogP contribution < -0.4 is 11.1 Å². The van der Waals surface area contributed by atoms with Crippen molar-refractivity contribution in [1.82, 2.24) is 15.2 Å². The molecule has 1 aliphatic heterocycles. The zero-order chi connectivity index (χ0) is 29.9. The van der Waals surface area contributed by atoms with Gasteiger partial charge in [-0.15, -0.1) is 0 Å². The number of amides is 2. The van der Waals surface area contributed by atoms with Crippen molar-refractivity contribution >= 4 is 34.5 Å². The second kappa shape index (κ2) is 13.0. The number of hydrogen-bond acceptors (Lipinski definition) is 7. The van der Waals surface area contributed by atoms with Gasteiger partial charge in [0.1, 0.15) is 0 Å². The summed E-state index contributed by atoms with van der Waals surface area (Å²) in [5.74, 6) is -0.637. The van der Waals surface area contributed by atoms with Gasteiger partial charge in [0.15, 0.2) is 0 Å². The zero-order valence-corrected chi connectivity index (χ0v) is 24.6. The maximum absolute atomic E-state index is 13.5. The molecule has 1 saturated heterocycles. The SMILES string of the molecule is COC(=O)NCCCC(O)(c1cccc(Cl)c1-c1cnc2ccccc2c1)[C@@H]1CCCN(C(=O)[C@H]2C[C@@H](N)[C@@H](O)C2)C1. The van der Waals surface area contributed by atoms with Gasteiger partial charge in [-0.3, -0.25) is 9.78 Å². The molecule has 2 heterocycles. The molecule has 3 aromatic rings. The number of nitrogens with zero attached hydrogens (tertiary/aromatic N) is 2. The van der Waals surface area contributed by atoms with Crippen molar-refractivity contribution in [2.24, 2.45) is 17.6 Å². The van der Waals surface area contributed by atoms with E-state index in [1.165, 1.54) is 7.11 Å². The normalized spacial score (nSPS) is 23.9. The van der Waals surface area contributed by atoms with E-state index >= 15 is 0 Å². The number of pyridine rings is 1. The summed E-state index contributed by atoms with van der Waals surface area (Å²) >= 11 is 6.86. The van der Waals surface area contributed by atoms with Gasteiger partial charge in [0.2, 0.25) is 5.91 Å². The van der Waals surface area contributed by atoms with Crippen molar-refractivity contribution in [3.05, 3.63) is 65.3 Å². The molecule has 2 aliphatic rings. The Morgan fingerprint density at radius 2 is 2.02 bits per heavy atom. The van der Waals surface area contributed by atoms with Crippen molar-refractivity contribution in [2.45, 2.75) is 56.3 Å². The summed E-state index contributed by atoms with van der Waals surface area (Å²) in [6.45, 7) is 1.27. The maximum Gasteiger partial charge on any atom is 0.406 e. The lowest BCUT2D eigenvalue weighted by Crippen LogP contribution is -2.49. The topological polar surface area (TPSA) is 138 Å². The number of ether oxygens (including phenoxy) is 1. The van der Waals surface area contributed by atoms with Gasteiger partial charge < -0.3 is 30.9 Å². The number of rotatable bonds is 8. The zero-order valence-electron chi connectivity index (χ0n) is 23.8. The number of halogens is 1. The molecule has 9 nitrogen and oxygen atoms in total. The van der Waals surface area contributed by atoms with Crippen LogP contribution in [0, 0.1) is 11.8 Å². The summed E-state index contributed by atoms with van der Waals surface area (Å²) in [7, 11) is 1.31. The Hall–Kier alpha value is -3.24. The van der Waals surface area contributed by atoms with Gasteiger partial charge >= 0.3 is 6.09 Å². The number of piperidine rings is 1. The van der Waals surface area contributed by atoms with Crippen LogP contribution in [0.25, 0.3) is 22.0 Å². The van der Waals surface area contributed by atoms with Gasteiger partial charge in [0.25, 0.3) is 0 Å². The predicted octanol–water partition coefficient (Wildman–Crippen LogP) is 4.22. The fourth-order valence-electron chi connectivity index (χ4n) is 6.64. The first-order valence-corrected chi connectivity index (χ1v) is 15.0. The monoisotopic (exact) mass is 594 g/mol. The van der Waals surface area contributed by atoms with Crippen LogP contribution in [0.4, 0.5) is 4.79 Å². The standard InChI is InChI=1S/C32H39ClN4O5/c1-42-31(40)35-13-6-12-32(41,23-8-5-14-37(19-23)30(39)21-16-26(34)28(38)17-21)24-9-4-10-25(33)29(24)22-15-20-7-2-3-11-27(20)36-18-22/h2-4,7,9-11,15,18,21,23,26,28,38,41H,5-6,8,12-14,16-17,19,34H2,1H3,(H,35,40)/t21-,23+,26+,28-,32?/m0/s1. The van der Waals surface area contributed by atoms with Crippen LogP contribution in [0.5, 0.6) is 0 Å². The number of nitrogens with one attached hydrogen (secondary N) is 1. The fourth-order valence-corrected chi connectivity index (χ4v) is 6.92. The first-order chi connectivity index (χ1) is 20.2. The average molecular weight is 595 g/mol. The lowest BCUT2D eigenvalue weighted by Gasteiger charge is -2.44. The van der Waals surface area contributed by atoms with E-state index in [2.05, 4.69) is 10.3 Å². The number of benzene rings is 2. The number of likely N-dealkylation sites (tertiary alicyclic amines) is 1.